The number of ether oxygens (including phenoxy) is 1. The summed E-state index contributed by atoms with van der Waals surface area (Å²) in [7, 11) is 0. The summed E-state index contributed by atoms with van der Waals surface area (Å²) in [6.07, 6.45) is 3.79. The summed E-state index contributed by atoms with van der Waals surface area (Å²) >= 11 is 6.11. The number of amides is 1. The zero-order chi connectivity index (χ0) is 26.3. The molecule has 0 saturated heterocycles. The fourth-order valence-corrected chi connectivity index (χ4v) is 4.62. The van der Waals surface area contributed by atoms with Gasteiger partial charge in [0.15, 0.2) is 0 Å². The number of unbranched alkanes of at least 4 members (excludes halogenated alkanes) is 2. The van der Waals surface area contributed by atoms with E-state index in [2.05, 4.69) is 73.1 Å². The molecule has 4 aromatic rings. The molecule has 0 spiro atoms. The predicted molar refractivity (Wildman–Crippen MR) is 152 cm³/mol. The first kappa shape index (κ1) is 26.7. The van der Waals surface area contributed by atoms with Crippen LogP contribution in [0.15, 0.2) is 72.8 Å². The Balaban J connectivity index is 1.28. The maximum atomic E-state index is 12.3. The van der Waals surface area contributed by atoms with Gasteiger partial charge in [-0.1, -0.05) is 75.2 Å². The second kappa shape index (κ2) is 12.3. The highest BCUT2D eigenvalue weighted by Crippen LogP contribution is 2.24. The number of aromatic nitrogens is 2. The predicted octanol–water partition coefficient (Wildman–Crippen LogP) is 7.21. The summed E-state index contributed by atoms with van der Waals surface area (Å²) in [6, 6.07) is 23.8. The zero-order valence-corrected chi connectivity index (χ0v) is 22.7. The molecule has 0 radical (unpaired) electrons. The van der Waals surface area contributed by atoms with Crippen LogP contribution in [0, 0.1) is 0 Å². The van der Waals surface area contributed by atoms with Crippen molar-refractivity contribution in [3.63, 3.8) is 0 Å². The largest absolute Gasteiger partial charge is 0.492 e. The minimum Gasteiger partial charge on any atom is -0.492 e. The molecule has 0 aliphatic heterocycles. The molecular weight excluding hydrogens is 482 g/mol. The Bertz CT molecular complexity index is 1320. The van der Waals surface area contributed by atoms with Gasteiger partial charge in [-0.3, -0.25) is 4.79 Å². The van der Waals surface area contributed by atoms with Gasteiger partial charge in [-0.25, -0.2) is 4.98 Å². The van der Waals surface area contributed by atoms with Gasteiger partial charge in [0, 0.05) is 13.0 Å². The molecule has 37 heavy (non-hydrogen) atoms. The van der Waals surface area contributed by atoms with Crippen LogP contribution in [-0.4, -0.2) is 28.6 Å². The Hall–Kier alpha value is -3.31. The van der Waals surface area contributed by atoms with Crippen molar-refractivity contribution in [3.05, 3.63) is 94.8 Å². The average Bonchev–Trinajstić information content (AvgIpc) is 3.23. The highest BCUT2D eigenvalue weighted by molar-refractivity contribution is 6.33. The second-order valence-corrected chi connectivity index (χ2v) is 10.7. The first-order valence-corrected chi connectivity index (χ1v) is 13.4. The number of nitrogens with one attached hydrogen (secondary N) is 1. The number of fused-ring (bicyclic) bond motifs is 1. The van der Waals surface area contributed by atoms with Crippen LogP contribution in [-0.2, 0) is 18.4 Å². The van der Waals surface area contributed by atoms with Crippen LogP contribution in [0.25, 0.3) is 11.0 Å². The van der Waals surface area contributed by atoms with Gasteiger partial charge in [0.25, 0.3) is 5.91 Å². The molecule has 0 unspecified atom stereocenters. The molecule has 4 rings (SSSR count). The lowest BCUT2D eigenvalue weighted by molar-refractivity contribution is 0.0953. The fourth-order valence-electron chi connectivity index (χ4n) is 4.40. The maximum absolute atomic E-state index is 12.3. The number of nitrogens with zero attached hydrogens (tertiary/aromatic N) is 2. The molecule has 1 N–H and O–H groups in total. The number of hydrogen-bond donors (Lipinski definition) is 1. The van der Waals surface area contributed by atoms with Crippen LogP contribution in [0.3, 0.4) is 0 Å². The summed E-state index contributed by atoms with van der Waals surface area (Å²) < 4.78 is 8.35. The molecule has 0 bridgehead atoms. The Morgan fingerprint density at radius 2 is 1.68 bits per heavy atom. The van der Waals surface area contributed by atoms with Crippen LogP contribution in [0.2, 0.25) is 5.02 Å². The number of hydrogen-bond acceptors (Lipinski definition) is 3. The van der Waals surface area contributed by atoms with Gasteiger partial charge < -0.3 is 14.6 Å². The molecule has 1 amide bonds. The van der Waals surface area contributed by atoms with E-state index in [1.165, 1.54) is 5.56 Å². The van der Waals surface area contributed by atoms with Crippen LogP contribution < -0.4 is 10.1 Å². The minimum absolute atomic E-state index is 0.125. The van der Waals surface area contributed by atoms with Gasteiger partial charge in [0.1, 0.15) is 18.2 Å². The number of carbonyl (C=O) groups is 1. The third-order valence-corrected chi connectivity index (χ3v) is 6.85. The maximum Gasteiger partial charge on any atom is 0.252 e. The average molecular weight is 518 g/mol. The lowest BCUT2D eigenvalue weighted by atomic mass is 9.87. The van der Waals surface area contributed by atoms with Crippen molar-refractivity contribution < 1.29 is 9.53 Å². The third kappa shape index (κ3) is 7.14. The standard InChI is InChI=1S/C31H36ClN3O2/c1-31(2,3)23-16-18-24(19-17-23)37-22-21-35-28-14-9-8-13-27(28)34-29(35)15-5-4-10-20-33-30(36)25-11-6-7-12-26(25)32/h6-9,11-14,16-19H,4-5,10,15,20-22H2,1-3H3,(H,33,36). The smallest absolute Gasteiger partial charge is 0.252 e. The normalized spacial score (nSPS) is 11.6. The summed E-state index contributed by atoms with van der Waals surface area (Å²) in [5.74, 6) is 1.84. The summed E-state index contributed by atoms with van der Waals surface area (Å²) in [5, 5.41) is 3.44. The number of carbonyl (C=O) groups excluding carboxylic acids is 1. The molecule has 0 saturated carbocycles. The van der Waals surface area contributed by atoms with E-state index < -0.39 is 0 Å². The molecule has 1 heterocycles. The van der Waals surface area contributed by atoms with E-state index >= 15 is 0 Å². The van der Waals surface area contributed by atoms with E-state index in [9.17, 15) is 4.79 Å². The number of benzene rings is 3. The summed E-state index contributed by atoms with van der Waals surface area (Å²) in [5.41, 5.74) is 4.09. The van der Waals surface area contributed by atoms with Gasteiger partial charge in [0.2, 0.25) is 0 Å². The molecule has 1 aromatic heterocycles. The topological polar surface area (TPSA) is 56.1 Å². The first-order chi connectivity index (χ1) is 17.8. The van der Waals surface area contributed by atoms with Crippen molar-refractivity contribution in [3.8, 4) is 5.75 Å². The van der Waals surface area contributed by atoms with E-state index in [1.54, 1.807) is 12.1 Å². The lowest BCUT2D eigenvalue weighted by Crippen LogP contribution is -2.24. The number of halogens is 1. The minimum atomic E-state index is -0.125. The van der Waals surface area contributed by atoms with Gasteiger partial charge in [-0.05, 0) is 60.2 Å². The SMILES string of the molecule is CC(C)(C)c1ccc(OCCn2c(CCCCCNC(=O)c3ccccc3Cl)nc3ccccc32)cc1. The van der Waals surface area contributed by atoms with Crippen molar-refractivity contribution in [2.24, 2.45) is 0 Å². The number of para-hydroxylation sites is 2. The molecule has 0 aliphatic rings. The van der Waals surface area contributed by atoms with E-state index in [0.29, 0.717) is 23.7 Å². The monoisotopic (exact) mass is 517 g/mol. The quantitative estimate of drug-likeness (QED) is 0.214. The van der Waals surface area contributed by atoms with E-state index in [-0.39, 0.29) is 11.3 Å². The first-order valence-electron chi connectivity index (χ1n) is 13.0. The highest BCUT2D eigenvalue weighted by atomic mass is 35.5. The zero-order valence-electron chi connectivity index (χ0n) is 22.0. The molecule has 0 aliphatic carbocycles. The highest BCUT2D eigenvalue weighted by Gasteiger charge is 2.14. The van der Waals surface area contributed by atoms with Crippen molar-refractivity contribution in [2.45, 2.75) is 58.4 Å². The van der Waals surface area contributed by atoms with Crippen LogP contribution in [0.5, 0.6) is 5.75 Å². The molecular formula is C31H36ClN3O2. The van der Waals surface area contributed by atoms with Gasteiger partial charge in [-0.15, -0.1) is 0 Å². The number of rotatable bonds is 11. The van der Waals surface area contributed by atoms with Crippen LogP contribution >= 0.6 is 11.6 Å². The Morgan fingerprint density at radius 3 is 2.43 bits per heavy atom. The van der Waals surface area contributed by atoms with Crippen LogP contribution in [0.4, 0.5) is 0 Å². The second-order valence-electron chi connectivity index (χ2n) is 10.3. The van der Waals surface area contributed by atoms with E-state index in [4.69, 9.17) is 21.3 Å². The van der Waals surface area contributed by atoms with Gasteiger partial charge in [-0.2, -0.15) is 0 Å². The van der Waals surface area contributed by atoms with Gasteiger partial charge in [0.05, 0.1) is 28.2 Å². The molecule has 194 valence electrons. The Kier molecular flexibility index (Phi) is 8.88. The molecule has 0 atom stereocenters. The molecule has 6 heteroatoms. The summed E-state index contributed by atoms with van der Waals surface area (Å²) in [6.45, 7) is 8.59. The molecule has 5 nitrogen and oxygen atoms in total. The lowest BCUT2D eigenvalue weighted by Gasteiger charge is -2.19. The fraction of sp³-hybridized carbons (Fsp3) is 0.355. The van der Waals surface area contributed by atoms with Crippen LogP contribution in [0.1, 0.15) is 61.8 Å². The van der Waals surface area contributed by atoms with Gasteiger partial charge >= 0.3 is 0 Å². The third-order valence-electron chi connectivity index (χ3n) is 6.52. The van der Waals surface area contributed by atoms with Crippen molar-refractivity contribution in [2.75, 3.05) is 13.2 Å². The number of aryl methyl sites for hydroxylation is 1. The van der Waals surface area contributed by atoms with Crippen molar-refractivity contribution in [1.82, 2.24) is 14.9 Å². The van der Waals surface area contributed by atoms with Crippen molar-refractivity contribution in [1.29, 1.82) is 0 Å². The van der Waals surface area contributed by atoms with Crippen molar-refractivity contribution >= 4 is 28.5 Å². The Labute approximate surface area is 224 Å². The molecule has 3 aromatic carbocycles. The summed E-state index contributed by atoms with van der Waals surface area (Å²) in [4.78, 5) is 17.2. The van der Waals surface area contributed by atoms with E-state index in [0.717, 1.165) is 54.8 Å². The Morgan fingerprint density at radius 1 is 0.946 bits per heavy atom. The van der Waals surface area contributed by atoms with E-state index in [1.807, 2.05) is 18.2 Å². The molecule has 0 fully saturated rings. The number of imidazole rings is 1.